The average Bonchev–Trinajstić information content (AvgIpc) is 3.16. The van der Waals surface area contributed by atoms with Gasteiger partial charge >= 0.3 is 0 Å². The first kappa shape index (κ1) is 20.6. The summed E-state index contributed by atoms with van der Waals surface area (Å²) >= 11 is 0. The van der Waals surface area contributed by atoms with E-state index < -0.39 is 5.60 Å². The zero-order chi connectivity index (χ0) is 21.8. The molecule has 0 amide bonds. The number of benzene rings is 1. The highest BCUT2D eigenvalue weighted by atomic mass is 16.3. The molecule has 0 fully saturated rings. The second-order valence-electron chi connectivity index (χ2n) is 8.81. The Kier molecular flexibility index (Phi) is 4.97. The highest BCUT2D eigenvalue weighted by molar-refractivity contribution is 5.97. The Morgan fingerprint density at radius 1 is 1.13 bits per heavy atom. The highest BCUT2D eigenvalue weighted by Gasteiger charge is 2.27. The topological polar surface area (TPSA) is 63.6 Å². The van der Waals surface area contributed by atoms with Gasteiger partial charge in [0.25, 0.3) is 0 Å². The van der Waals surface area contributed by atoms with Crippen LogP contribution in [-0.2, 0) is 5.60 Å². The van der Waals surface area contributed by atoms with Gasteiger partial charge < -0.3 is 9.52 Å². The van der Waals surface area contributed by atoms with Crippen LogP contribution in [0.3, 0.4) is 0 Å². The lowest BCUT2D eigenvalue weighted by Gasteiger charge is -2.17. The second kappa shape index (κ2) is 7.24. The van der Waals surface area contributed by atoms with Gasteiger partial charge in [0, 0.05) is 16.5 Å². The Labute approximate surface area is 177 Å². The van der Waals surface area contributed by atoms with Gasteiger partial charge in [0.2, 0.25) is 0 Å². The molecule has 0 spiro atoms. The molecule has 3 aromatic heterocycles. The van der Waals surface area contributed by atoms with E-state index in [-0.39, 0.29) is 0 Å². The van der Waals surface area contributed by atoms with Crippen LogP contribution in [0.2, 0.25) is 0 Å². The molecule has 0 aliphatic heterocycles. The first-order valence-electron chi connectivity index (χ1n) is 10.8. The lowest BCUT2D eigenvalue weighted by molar-refractivity contribution is 0.0791. The van der Waals surface area contributed by atoms with Crippen molar-refractivity contribution in [2.24, 2.45) is 0 Å². The maximum atomic E-state index is 10.6. The van der Waals surface area contributed by atoms with E-state index in [1.54, 1.807) is 13.8 Å². The summed E-state index contributed by atoms with van der Waals surface area (Å²) in [6, 6.07) is 8.12. The molecule has 0 bridgehead atoms. The Bertz CT molecular complexity index is 1240. The molecule has 0 saturated carbocycles. The predicted octanol–water partition coefficient (Wildman–Crippen LogP) is 6.20. The standard InChI is InChI=1S/C25H31N3O2/c1-8-17(9-2)19-13-14(3)27-28-22(15(4)26-24(19)28)21-16(5)30-23-18(21)11-10-12-20(23)25(6,7)29/h10-13,17,29H,8-9H2,1-7H3. The van der Waals surface area contributed by atoms with Gasteiger partial charge in [-0.15, -0.1) is 0 Å². The Balaban J connectivity index is 2.07. The summed E-state index contributed by atoms with van der Waals surface area (Å²) in [4.78, 5) is 4.96. The number of rotatable bonds is 5. The van der Waals surface area contributed by atoms with Crippen LogP contribution in [-0.4, -0.2) is 19.7 Å². The number of aromatic nitrogens is 3. The number of para-hydroxylation sites is 1. The summed E-state index contributed by atoms with van der Waals surface area (Å²) in [6.07, 6.45) is 2.14. The van der Waals surface area contributed by atoms with Crippen LogP contribution in [0, 0.1) is 20.8 Å². The number of nitrogens with zero attached hydrogens (tertiary/aromatic N) is 3. The van der Waals surface area contributed by atoms with E-state index in [4.69, 9.17) is 14.5 Å². The number of imidazole rings is 1. The average molecular weight is 406 g/mol. The van der Waals surface area contributed by atoms with Gasteiger partial charge in [-0.2, -0.15) is 5.10 Å². The van der Waals surface area contributed by atoms with Crippen LogP contribution in [0.5, 0.6) is 0 Å². The van der Waals surface area contributed by atoms with Crippen molar-refractivity contribution in [2.45, 2.75) is 72.8 Å². The van der Waals surface area contributed by atoms with Gasteiger partial charge in [-0.25, -0.2) is 9.50 Å². The fraction of sp³-hybridized carbons (Fsp3) is 0.440. The van der Waals surface area contributed by atoms with Crippen molar-refractivity contribution in [1.82, 2.24) is 14.6 Å². The smallest absolute Gasteiger partial charge is 0.157 e. The molecular formula is C25H31N3O2. The molecule has 0 aliphatic carbocycles. The quantitative estimate of drug-likeness (QED) is 0.429. The lowest BCUT2D eigenvalue weighted by atomic mass is 9.94. The molecule has 158 valence electrons. The van der Waals surface area contributed by atoms with E-state index in [1.807, 2.05) is 43.5 Å². The normalized spacial score (nSPS) is 12.6. The number of furan rings is 1. The fourth-order valence-electron chi connectivity index (χ4n) is 4.61. The lowest BCUT2D eigenvalue weighted by Crippen LogP contribution is -2.15. The zero-order valence-corrected chi connectivity index (χ0v) is 19.0. The third-order valence-corrected chi connectivity index (χ3v) is 6.12. The summed E-state index contributed by atoms with van der Waals surface area (Å²) in [7, 11) is 0. The summed E-state index contributed by atoms with van der Waals surface area (Å²) in [5.41, 5.74) is 6.55. The van der Waals surface area contributed by atoms with Crippen molar-refractivity contribution >= 4 is 16.6 Å². The molecule has 5 heteroatoms. The third-order valence-electron chi connectivity index (χ3n) is 6.12. The number of hydrogen-bond acceptors (Lipinski definition) is 4. The molecule has 0 unspecified atom stereocenters. The largest absolute Gasteiger partial charge is 0.460 e. The van der Waals surface area contributed by atoms with Crippen LogP contribution >= 0.6 is 0 Å². The van der Waals surface area contributed by atoms with E-state index in [1.165, 1.54) is 5.56 Å². The van der Waals surface area contributed by atoms with Crippen LogP contribution in [0.1, 0.15) is 74.7 Å². The van der Waals surface area contributed by atoms with E-state index in [0.717, 1.165) is 63.4 Å². The highest BCUT2D eigenvalue weighted by Crippen LogP contribution is 2.40. The maximum absolute atomic E-state index is 10.6. The first-order chi connectivity index (χ1) is 14.2. The summed E-state index contributed by atoms with van der Waals surface area (Å²) in [6.45, 7) is 14.1. The minimum absolute atomic E-state index is 0.452. The minimum Gasteiger partial charge on any atom is -0.460 e. The SMILES string of the molecule is CCC(CC)c1cc(C)nn2c(-c3c(C)oc4c(C(C)(C)O)cccc34)c(C)nc12. The number of aliphatic hydroxyl groups is 1. The van der Waals surface area contributed by atoms with Gasteiger partial charge in [0.15, 0.2) is 5.65 Å². The molecule has 5 nitrogen and oxygen atoms in total. The fourth-order valence-corrected chi connectivity index (χ4v) is 4.61. The molecule has 30 heavy (non-hydrogen) atoms. The molecule has 4 rings (SSSR count). The van der Waals surface area contributed by atoms with Gasteiger partial charge in [-0.05, 0) is 59.4 Å². The number of aryl methyl sites for hydroxylation is 3. The van der Waals surface area contributed by atoms with E-state index >= 15 is 0 Å². The van der Waals surface area contributed by atoms with E-state index in [2.05, 4.69) is 19.9 Å². The third kappa shape index (κ3) is 3.12. The number of fused-ring (bicyclic) bond motifs is 2. The molecule has 0 saturated heterocycles. The predicted molar refractivity (Wildman–Crippen MR) is 121 cm³/mol. The summed E-state index contributed by atoms with van der Waals surface area (Å²) in [5, 5.41) is 16.5. The van der Waals surface area contributed by atoms with Crippen LogP contribution in [0.4, 0.5) is 0 Å². The zero-order valence-electron chi connectivity index (χ0n) is 19.0. The molecule has 1 N–H and O–H groups in total. The number of hydrogen-bond donors (Lipinski definition) is 1. The van der Waals surface area contributed by atoms with Crippen molar-refractivity contribution in [3.63, 3.8) is 0 Å². The van der Waals surface area contributed by atoms with Gasteiger partial charge in [-0.3, -0.25) is 0 Å². The van der Waals surface area contributed by atoms with Crippen molar-refractivity contribution < 1.29 is 9.52 Å². The Morgan fingerprint density at radius 3 is 2.47 bits per heavy atom. The van der Waals surface area contributed by atoms with E-state index in [9.17, 15) is 5.11 Å². The molecule has 1 aromatic carbocycles. The van der Waals surface area contributed by atoms with Gasteiger partial charge in [0.05, 0.1) is 28.2 Å². The Morgan fingerprint density at radius 2 is 1.83 bits per heavy atom. The molecule has 0 radical (unpaired) electrons. The molecule has 0 aliphatic rings. The van der Waals surface area contributed by atoms with Crippen LogP contribution in [0.15, 0.2) is 28.7 Å². The maximum Gasteiger partial charge on any atom is 0.157 e. The van der Waals surface area contributed by atoms with Gasteiger partial charge in [-0.1, -0.05) is 32.0 Å². The molecule has 4 aromatic rings. The first-order valence-corrected chi connectivity index (χ1v) is 10.8. The van der Waals surface area contributed by atoms with Crippen LogP contribution in [0.25, 0.3) is 27.9 Å². The summed E-state index contributed by atoms with van der Waals surface area (Å²) in [5.74, 6) is 1.26. The summed E-state index contributed by atoms with van der Waals surface area (Å²) < 4.78 is 8.20. The van der Waals surface area contributed by atoms with Crippen molar-refractivity contribution in [2.75, 3.05) is 0 Å². The van der Waals surface area contributed by atoms with Gasteiger partial charge in [0.1, 0.15) is 11.3 Å². The minimum atomic E-state index is -0.993. The van der Waals surface area contributed by atoms with Crippen molar-refractivity contribution in [3.8, 4) is 11.3 Å². The van der Waals surface area contributed by atoms with Crippen LogP contribution < -0.4 is 0 Å². The second-order valence-corrected chi connectivity index (χ2v) is 8.81. The monoisotopic (exact) mass is 405 g/mol. The van der Waals surface area contributed by atoms with E-state index in [0.29, 0.717) is 5.92 Å². The molecule has 3 heterocycles. The van der Waals surface area contributed by atoms with Crippen molar-refractivity contribution in [3.05, 3.63) is 52.5 Å². The molecular weight excluding hydrogens is 374 g/mol. The van der Waals surface area contributed by atoms with Crippen molar-refractivity contribution in [1.29, 1.82) is 0 Å². The molecule has 0 atom stereocenters. The Hall–Kier alpha value is -2.66.